The highest BCUT2D eigenvalue weighted by Crippen LogP contribution is 2.44. The van der Waals surface area contributed by atoms with E-state index in [2.05, 4.69) is 46.9 Å². The molecule has 2 amide bonds. The van der Waals surface area contributed by atoms with Gasteiger partial charge in [0.15, 0.2) is 0 Å². The maximum atomic E-state index is 12.1. The van der Waals surface area contributed by atoms with Crippen molar-refractivity contribution in [1.82, 2.24) is 10.2 Å². The molecule has 0 unspecified atom stereocenters. The van der Waals surface area contributed by atoms with Gasteiger partial charge in [0.05, 0.1) is 6.10 Å². The van der Waals surface area contributed by atoms with Gasteiger partial charge in [0, 0.05) is 13.1 Å². The third-order valence-electron chi connectivity index (χ3n) is 4.62. The van der Waals surface area contributed by atoms with Crippen molar-refractivity contribution in [2.45, 2.75) is 73.1 Å². The van der Waals surface area contributed by atoms with Crippen molar-refractivity contribution < 1.29 is 9.53 Å². The number of hydrogen-bond donors (Lipinski definition) is 1. The Kier molecular flexibility index (Phi) is 4.57. The monoisotopic (exact) mass is 296 g/mol. The van der Waals surface area contributed by atoms with Crippen molar-refractivity contribution in [3.8, 4) is 0 Å². The fraction of sp³-hybridized carbons (Fsp3) is 0.941. The first-order valence-corrected chi connectivity index (χ1v) is 8.28. The molecule has 0 saturated carbocycles. The molecule has 122 valence electrons. The number of amides is 2. The summed E-state index contributed by atoms with van der Waals surface area (Å²) in [4.78, 5) is 14.0. The van der Waals surface area contributed by atoms with Crippen LogP contribution in [0.2, 0.25) is 0 Å². The number of carbonyl (C=O) groups excluding carboxylic acids is 1. The van der Waals surface area contributed by atoms with Gasteiger partial charge in [0.25, 0.3) is 0 Å². The van der Waals surface area contributed by atoms with Crippen LogP contribution in [-0.2, 0) is 4.74 Å². The average Bonchev–Trinajstić information content (AvgIpc) is 2.70. The normalized spacial score (nSPS) is 31.4. The molecule has 1 N–H and O–H groups in total. The molecule has 0 aliphatic carbocycles. The Morgan fingerprint density at radius 2 is 1.90 bits per heavy atom. The second-order valence-electron chi connectivity index (χ2n) is 8.88. The van der Waals surface area contributed by atoms with Crippen LogP contribution in [0.3, 0.4) is 0 Å². The summed E-state index contributed by atoms with van der Waals surface area (Å²) in [5.41, 5.74) is 0.449. The van der Waals surface area contributed by atoms with Crippen LogP contribution in [0.5, 0.6) is 0 Å². The Morgan fingerprint density at radius 3 is 2.43 bits per heavy atom. The zero-order chi connectivity index (χ0) is 15.8. The molecule has 2 rings (SSSR count). The summed E-state index contributed by atoms with van der Waals surface area (Å²) in [6, 6.07) is 0.0373. The second-order valence-corrected chi connectivity index (χ2v) is 8.88. The van der Waals surface area contributed by atoms with Crippen molar-refractivity contribution >= 4 is 6.03 Å². The highest BCUT2D eigenvalue weighted by Gasteiger charge is 2.46. The minimum atomic E-state index is -0.0538. The van der Waals surface area contributed by atoms with E-state index < -0.39 is 0 Å². The lowest BCUT2D eigenvalue weighted by Gasteiger charge is -2.34. The largest absolute Gasteiger partial charge is 0.355 e. The number of nitrogens with one attached hydrogen (secondary N) is 1. The Balaban J connectivity index is 2.11. The number of rotatable bonds is 2. The summed E-state index contributed by atoms with van der Waals surface area (Å²) < 4.78 is 6.35. The van der Waals surface area contributed by atoms with E-state index in [-0.39, 0.29) is 29.2 Å². The van der Waals surface area contributed by atoms with Crippen LogP contribution in [0.15, 0.2) is 0 Å². The molecule has 0 spiro atoms. The van der Waals surface area contributed by atoms with E-state index in [1.165, 1.54) is 0 Å². The van der Waals surface area contributed by atoms with Gasteiger partial charge >= 0.3 is 6.03 Å². The Hall–Kier alpha value is -0.770. The minimum Gasteiger partial charge on any atom is -0.355 e. The van der Waals surface area contributed by atoms with Crippen molar-refractivity contribution in [1.29, 1.82) is 0 Å². The maximum absolute atomic E-state index is 12.1. The smallest absolute Gasteiger partial charge is 0.319 e. The number of nitrogens with zero attached hydrogens (tertiary/aromatic N) is 1. The average molecular weight is 296 g/mol. The van der Waals surface area contributed by atoms with Crippen LogP contribution >= 0.6 is 0 Å². The summed E-state index contributed by atoms with van der Waals surface area (Å²) in [5.74, 6) is 0.497. The van der Waals surface area contributed by atoms with Gasteiger partial charge in [-0.15, -0.1) is 0 Å². The summed E-state index contributed by atoms with van der Waals surface area (Å²) in [7, 11) is 0. The van der Waals surface area contributed by atoms with E-state index in [0.717, 1.165) is 32.4 Å². The van der Waals surface area contributed by atoms with Crippen LogP contribution in [0.4, 0.5) is 4.79 Å². The minimum absolute atomic E-state index is 0.0373. The van der Waals surface area contributed by atoms with E-state index >= 15 is 0 Å². The van der Waals surface area contributed by atoms with Gasteiger partial charge in [-0.3, -0.25) is 4.90 Å². The van der Waals surface area contributed by atoms with Gasteiger partial charge in [-0.1, -0.05) is 41.5 Å². The molecular formula is C17H32N2O2. The molecule has 4 nitrogen and oxygen atoms in total. The van der Waals surface area contributed by atoms with Crippen molar-refractivity contribution in [3.63, 3.8) is 0 Å². The van der Waals surface area contributed by atoms with Crippen LogP contribution in [0.25, 0.3) is 0 Å². The molecule has 2 heterocycles. The van der Waals surface area contributed by atoms with Crippen LogP contribution in [-0.4, -0.2) is 36.4 Å². The molecule has 2 saturated heterocycles. The Bertz CT molecular complexity index is 381. The quantitative estimate of drug-likeness (QED) is 0.845. The van der Waals surface area contributed by atoms with E-state index in [0.29, 0.717) is 5.92 Å². The molecule has 0 bridgehead atoms. The SMILES string of the molecule is CC(C)(C)C[C@H]1O[C@@H](N2CCCNC2=O)C[C@H]1C(C)(C)C. The molecule has 2 aliphatic heterocycles. The van der Waals surface area contributed by atoms with Gasteiger partial charge in [0.2, 0.25) is 0 Å². The molecule has 2 fully saturated rings. The molecule has 4 heteroatoms. The van der Waals surface area contributed by atoms with Gasteiger partial charge < -0.3 is 10.1 Å². The highest BCUT2D eigenvalue weighted by molar-refractivity contribution is 5.75. The molecule has 21 heavy (non-hydrogen) atoms. The molecule has 2 aliphatic rings. The van der Waals surface area contributed by atoms with E-state index in [1.807, 2.05) is 4.90 Å². The molecule has 3 atom stereocenters. The molecular weight excluding hydrogens is 264 g/mol. The zero-order valence-electron chi connectivity index (χ0n) is 14.5. The molecule has 0 radical (unpaired) electrons. The van der Waals surface area contributed by atoms with E-state index in [4.69, 9.17) is 4.74 Å². The first-order chi connectivity index (χ1) is 9.58. The van der Waals surface area contributed by atoms with E-state index in [9.17, 15) is 4.79 Å². The Morgan fingerprint density at radius 1 is 1.24 bits per heavy atom. The first kappa shape index (κ1) is 16.6. The molecule has 0 aromatic heterocycles. The molecule has 0 aromatic rings. The molecule has 0 aromatic carbocycles. The van der Waals surface area contributed by atoms with Gasteiger partial charge in [-0.05, 0) is 36.0 Å². The lowest BCUT2D eigenvalue weighted by atomic mass is 9.73. The summed E-state index contributed by atoms with van der Waals surface area (Å²) >= 11 is 0. The van der Waals surface area contributed by atoms with Crippen molar-refractivity contribution in [2.75, 3.05) is 13.1 Å². The number of urea groups is 1. The predicted octanol–water partition coefficient (Wildman–Crippen LogP) is 3.62. The highest BCUT2D eigenvalue weighted by atomic mass is 16.5. The fourth-order valence-electron chi connectivity index (χ4n) is 3.55. The van der Waals surface area contributed by atoms with Crippen LogP contribution in [0, 0.1) is 16.7 Å². The lowest BCUT2D eigenvalue weighted by Crippen LogP contribution is -2.51. The van der Waals surface area contributed by atoms with Gasteiger partial charge in [-0.2, -0.15) is 0 Å². The third kappa shape index (κ3) is 4.12. The van der Waals surface area contributed by atoms with E-state index in [1.54, 1.807) is 0 Å². The number of carbonyl (C=O) groups is 1. The zero-order valence-corrected chi connectivity index (χ0v) is 14.5. The predicted molar refractivity (Wildman–Crippen MR) is 85.0 cm³/mol. The summed E-state index contributed by atoms with van der Waals surface area (Å²) in [6.45, 7) is 15.2. The van der Waals surface area contributed by atoms with Gasteiger partial charge in [-0.25, -0.2) is 4.79 Å². The van der Waals surface area contributed by atoms with Gasteiger partial charge in [0.1, 0.15) is 6.23 Å². The van der Waals surface area contributed by atoms with Crippen LogP contribution < -0.4 is 5.32 Å². The fourth-order valence-corrected chi connectivity index (χ4v) is 3.55. The van der Waals surface area contributed by atoms with Crippen molar-refractivity contribution in [3.05, 3.63) is 0 Å². The first-order valence-electron chi connectivity index (χ1n) is 8.28. The van der Waals surface area contributed by atoms with Crippen LogP contribution in [0.1, 0.15) is 60.8 Å². The van der Waals surface area contributed by atoms with Crippen molar-refractivity contribution in [2.24, 2.45) is 16.7 Å². The topological polar surface area (TPSA) is 41.6 Å². The third-order valence-corrected chi connectivity index (χ3v) is 4.62. The standard InChI is InChI=1S/C17H32N2O2/c1-16(2,3)11-13-12(17(4,5)6)10-14(21-13)19-9-7-8-18-15(19)20/h12-14H,7-11H2,1-6H3,(H,18,20)/t12-,13-,14-/m1/s1. The maximum Gasteiger partial charge on any atom is 0.319 e. The Labute approximate surface area is 129 Å². The lowest BCUT2D eigenvalue weighted by molar-refractivity contribution is -0.0583. The second kappa shape index (κ2) is 5.79. The summed E-state index contributed by atoms with van der Waals surface area (Å²) in [6.07, 6.45) is 3.19. The number of hydrogen-bond acceptors (Lipinski definition) is 2. The number of ether oxygens (including phenoxy) is 1. The summed E-state index contributed by atoms with van der Waals surface area (Å²) in [5, 5.41) is 2.93.